The van der Waals surface area contributed by atoms with Crippen LogP contribution in [0, 0.1) is 11.3 Å². The third-order valence-electron chi connectivity index (χ3n) is 2.95. The normalized spacial score (nSPS) is 18.1. The second-order valence-electron chi connectivity index (χ2n) is 5.21. The van der Waals surface area contributed by atoms with Gasteiger partial charge in [-0.2, -0.15) is 5.26 Å². The van der Waals surface area contributed by atoms with Gasteiger partial charge in [-0.25, -0.2) is 4.67 Å². The molecular weight excluding hydrogens is 247 g/mol. The van der Waals surface area contributed by atoms with E-state index in [-0.39, 0.29) is 0 Å². The first-order valence-corrected chi connectivity index (χ1v) is 7.94. The van der Waals surface area contributed by atoms with Crippen LogP contribution in [0.1, 0.15) is 53.4 Å². The molecule has 1 atom stereocenters. The summed E-state index contributed by atoms with van der Waals surface area (Å²) in [7, 11) is -1.03. The molecule has 0 saturated heterocycles. The van der Waals surface area contributed by atoms with Gasteiger partial charge in [0.15, 0.2) is 0 Å². The van der Waals surface area contributed by atoms with E-state index >= 15 is 0 Å². The number of nitriles is 1. The van der Waals surface area contributed by atoms with Crippen LogP contribution in [0.5, 0.6) is 0 Å². The van der Waals surface area contributed by atoms with Gasteiger partial charge in [0.25, 0.3) is 8.53 Å². The first-order chi connectivity index (χ1) is 8.56. The fourth-order valence-electron chi connectivity index (χ4n) is 1.90. The van der Waals surface area contributed by atoms with Crippen molar-refractivity contribution in [3.05, 3.63) is 0 Å². The van der Waals surface area contributed by atoms with Gasteiger partial charge in [-0.15, -0.1) is 0 Å². The molecule has 0 amide bonds. The van der Waals surface area contributed by atoms with Crippen LogP contribution in [0.3, 0.4) is 0 Å². The Bertz CT molecular complexity index is 267. The number of nitrogens with zero attached hydrogens (tertiary/aromatic N) is 2. The highest BCUT2D eigenvalue weighted by atomic mass is 31.2. The molecule has 18 heavy (non-hydrogen) atoms. The topological polar surface area (TPSA) is 45.5 Å². The van der Waals surface area contributed by atoms with Gasteiger partial charge in [0, 0.05) is 12.1 Å². The molecule has 0 heterocycles. The van der Waals surface area contributed by atoms with Crippen molar-refractivity contribution in [1.82, 2.24) is 4.67 Å². The summed E-state index contributed by atoms with van der Waals surface area (Å²) in [5.41, 5.74) is 0. The van der Waals surface area contributed by atoms with E-state index in [4.69, 9.17) is 14.3 Å². The third kappa shape index (κ3) is 4.82. The Hall–Kier alpha value is -0.200. The van der Waals surface area contributed by atoms with Gasteiger partial charge < -0.3 is 9.05 Å². The van der Waals surface area contributed by atoms with Gasteiger partial charge in [-0.3, -0.25) is 0 Å². The molecular formula is C13H25N2O2P. The van der Waals surface area contributed by atoms with E-state index in [1.807, 2.05) is 0 Å². The van der Waals surface area contributed by atoms with E-state index in [2.05, 4.69) is 38.4 Å². The fourth-order valence-corrected chi connectivity index (χ4v) is 3.67. The molecule has 4 nitrogen and oxygen atoms in total. The van der Waals surface area contributed by atoms with Gasteiger partial charge in [-0.05, 0) is 47.0 Å². The lowest BCUT2D eigenvalue weighted by Gasteiger charge is -2.39. The van der Waals surface area contributed by atoms with Gasteiger partial charge >= 0.3 is 0 Å². The molecule has 0 spiro atoms. The van der Waals surface area contributed by atoms with Crippen LogP contribution in [0.4, 0.5) is 0 Å². The van der Waals surface area contributed by atoms with Crippen molar-refractivity contribution in [2.24, 2.45) is 0 Å². The maximum Gasteiger partial charge on any atom is 0.259 e. The minimum absolute atomic E-state index is 0.359. The van der Waals surface area contributed by atoms with E-state index in [1.165, 1.54) is 6.42 Å². The van der Waals surface area contributed by atoms with E-state index in [1.54, 1.807) is 0 Å². The van der Waals surface area contributed by atoms with Crippen molar-refractivity contribution >= 4 is 8.53 Å². The molecule has 0 aliphatic heterocycles. The van der Waals surface area contributed by atoms with Crippen LogP contribution in [-0.2, 0) is 9.05 Å². The minimum Gasteiger partial charge on any atom is -0.321 e. The Morgan fingerprint density at radius 3 is 2.28 bits per heavy atom. The maximum atomic E-state index is 8.60. The smallest absolute Gasteiger partial charge is 0.259 e. The Labute approximate surface area is 112 Å². The highest BCUT2D eigenvalue weighted by Gasteiger charge is 2.31. The summed E-state index contributed by atoms with van der Waals surface area (Å²) in [5.74, 6) is 0. The Balaban J connectivity index is 2.57. The summed E-state index contributed by atoms with van der Waals surface area (Å²) in [4.78, 5) is 0. The first-order valence-electron chi connectivity index (χ1n) is 6.81. The monoisotopic (exact) mass is 272 g/mol. The molecule has 0 aromatic heterocycles. The minimum atomic E-state index is -1.03. The zero-order valence-corrected chi connectivity index (χ0v) is 12.8. The van der Waals surface area contributed by atoms with Crippen LogP contribution in [0.15, 0.2) is 0 Å². The maximum absolute atomic E-state index is 8.60. The van der Waals surface area contributed by atoms with E-state index < -0.39 is 8.53 Å². The molecule has 1 fully saturated rings. The van der Waals surface area contributed by atoms with Crippen molar-refractivity contribution in [2.45, 2.75) is 71.6 Å². The van der Waals surface area contributed by atoms with Crippen molar-refractivity contribution < 1.29 is 9.05 Å². The molecule has 1 aliphatic rings. The van der Waals surface area contributed by atoms with E-state index in [0.717, 1.165) is 12.8 Å². The van der Waals surface area contributed by atoms with E-state index in [0.29, 0.717) is 31.2 Å². The summed E-state index contributed by atoms with van der Waals surface area (Å²) in [6.45, 7) is 9.10. The first kappa shape index (κ1) is 15.9. The second-order valence-corrected chi connectivity index (χ2v) is 6.61. The largest absolute Gasteiger partial charge is 0.321 e. The average molecular weight is 272 g/mol. The predicted octanol–water partition coefficient (Wildman–Crippen LogP) is 3.83. The predicted molar refractivity (Wildman–Crippen MR) is 73.9 cm³/mol. The Kier molecular flexibility index (Phi) is 7.11. The zero-order chi connectivity index (χ0) is 13.5. The Morgan fingerprint density at radius 2 is 1.89 bits per heavy atom. The van der Waals surface area contributed by atoms with Gasteiger partial charge in [0.1, 0.15) is 0 Å². The molecule has 104 valence electrons. The number of hydrogen-bond donors (Lipinski definition) is 0. The summed E-state index contributed by atoms with van der Waals surface area (Å²) in [6.07, 6.45) is 4.33. The zero-order valence-electron chi connectivity index (χ0n) is 11.9. The van der Waals surface area contributed by atoms with Crippen LogP contribution in [0.2, 0.25) is 0 Å². The van der Waals surface area contributed by atoms with Crippen molar-refractivity contribution in [3.8, 4) is 6.07 Å². The molecule has 1 aliphatic carbocycles. The van der Waals surface area contributed by atoms with Crippen LogP contribution < -0.4 is 0 Å². The van der Waals surface area contributed by atoms with Crippen molar-refractivity contribution in [2.75, 3.05) is 6.61 Å². The second kappa shape index (κ2) is 8.07. The molecule has 0 aromatic carbocycles. The SMILES string of the molecule is CC(C)N(C(C)C)P(OCCC#N)OC1CCC1. The summed E-state index contributed by atoms with van der Waals surface area (Å²) < 4.78 is 14.2. The highest BCUT2D eigenvalue weighted by molar-refractivity contribution is 7.44. The fraction of sp³-hybridized carbons (Fsp3) is 0.923. The third-order valence-corrected chi connectivity index (χ3v) is 5.14. The van der Waals surface area contributed by atoms with Crippen LogP contribution in [-0.4, -0.2) is 29.5 Å². The number of rotatable bonds is 8. The van der Waals surface area contributed by atoms with Crippen LogP contribution in [0.25, 0.3) is 0 Å². The van der Waals surface area contributed by atoms with Gasteiger partial charge in [0.2, 0.25) is 0 Å². The summed E-state index contributed by atoms with van der Waals surface area (Å²) >= 11 is 0. The molecule has 0 N–H and O–H groups in total. The Morgan fingerprint density at radius 1 is 1.28 bits per heavy atom. The molecule has 1 unspecified atom stereocenters. The van der Waals surface area contributed by atoms with Crippen molar-refractivity contribution in [3.63, 3.8) is 0 Å². The standard InChI is InChI=1S/C13H25N2O2P/c1-11(2)15(12(3)4)18(16-10-6-9-14)17-13-7-5-8-13/h11-13H,5-8,10H2,1-4H3. The molecule has 0 radical (unpaired) electrons. The molecule has 0 bridgehead atoms. The van der Waals surface area contributed by atoms with Gasteiger partial charge in [0.05, 0.1) is 25.2 Å². The van der Waals surface area contributed by atoms with Crippen LogP contribution >= 0.6 is 8.53 Å². The molecule has 1 saturated carbocycles. The summed E-state index contributed by atoms with van der Waals surface area (Å²) in [5, 5.41) is 8.60. The van der Waals surface area contributed by atoms with E-state index in [9.17, 15) is 0 Å². The lowest BCUT2D eigenvalue weighted by atomic mass is 9.97. The lowest BCUT2D eigenvalue weighted by molar-refractivity contribution is 0.0837. The molecule has 1 rings (SSSR count). The van der Waals surface area contributed by atoms with Crippen molar-refractivity contribution in [1.29, 1.82) is 5.26 Å². The number of hydrogen-bond acceptors (Lipinski definition) is 4. The quantitative estimate of drug-likeness (QED) is 0.497. The molecule has 0 aromatic rings. The molecule has 5 heteroatoms. The van der Waals surface area contributed by atoms with Gasteiger partial charge in [-0.1, -0.05) is 0 Å². The average Bonchev–Trinajstić information content (AvgIpc) is 2.22. The summed E-state index contributed by atoms with van der Waals surface area (Å²) in [6, 6.07) is 2.89. The highest BCUT2D eigenvalue weighted by Crippen LogP contribution is 2.49. The lowest BCUT2D eigenvalue weighted by Crippen LogP contribution is -2.35.